The number of likely N-dealkylation sites (tertiary alicyclic amines) is 1. The first-order chi connectivity index (χ1) is 14.5. The summed E-state index contributed by atoms with van der Waals surface area (Å²) < 4.78 is 34.8. The van der Waals surface area contributed by atoms with Crippen LogP contribution in [0.2, 0.25) is 0 Å². The molecule has 0 bridgehead atoms. The Morgan fingerprint density at radius 3 is 2.83 bits per heavy atom. The van der Waals surface area contributed by atoms with Gasteiger partial charge in [0.2, 0.25) is 0 Å². The summed E-state index contributed by atoms with van der Waals surface area (Å²) in [6.45, 7) is 2.30. The minimum absolute atomic E-state index is 0.247. The third-order valence-electron chi connectivity index (χ3n) is 5.41. The minimum Gasteiger partial charge on any atom is -0.431 e. The molecule has 2 aromatic carbocycles. The highest BCUT2D eigenvalue weighted by Gasteiger charge is 2.34. The Hall–Kier alpha value is -3.20. The molecule has 1 unspecified atom stereocenters. The third kappa shape index (κ3) is 3.45. The van der Waals surface area contributed by atoms with Gasteiger partial charge in [-0.15, -0.1) is 0 Å². The number of hydrogen-bond acceptors (Lipinski definition) is 5. The Morgan fingerprint density at radius 2 is 2.10 bits per heavy atom. The van der Waals surface area contributed by atoms with Gasteiger partial charge in [-0.3, -0.25) is 0 Å². The van der Waals surface area contributed by atoms with E-state index in [-0.39, 0.29) is 22.4 Å². The lowest BCUT2D eigenvalue weighted by Crippen LogP contribution is -2.35. The SMILES string of the molecule is NC(=O)N1CC2=CN(Cc3ccc(Oc4nc5c(F)cccc5s4)cc3F)CC2C1. The van der Waals surface area contributed by atoms with Crippen LogP contribution in [0.5, 0.6) is 10.9 Å². The van der Waals surface area contributed by atoms with Crippen LogP contribution in [0.15, 0.2) is 48.2 Å². The number of primary amides is 1. The molecule has 30 heavy (non-hydrogen) atoms. The summed E-state index contributed by atoms with van der Waals surface area (Å²) in [6, 6.07) is 8.98. The number of halogens is 2. The molecule has 6 nitrogen and oxygen atoms in total. The highest BCUT2D eigenvalue weighted by Crippen LogP contribution is 2.34. The van der Waals surface area contributed by atoms with Crippen molar-refractivity contribution in [1.29, 1.82) is 0 Å². The Bertz CT molecular complexity index is 1180. The van der Waals surface area contributed by atoms with Crippen molar-refractivity contribution in [2.75, 3.05) is 19.6 Å². The molecule has 9 heteroatoms. The molecule has 0 aliphatic carbocycles. The van der Waals surface area contributed by atoms with Gasteiger partial charge in [0.05, 0.1) is 4.70 Å². The maximum Gasteiger partial charge on any atom is 0.315 e. The predicted octanol–water partition coefficient (Wildman–Crippen LogP) is 4.08. The molecule has 3 heterocycles. The summed E-state index contributed by atoms with van der Waals surface area (Å²) in [4.78, 5) is 19.1. The maximum absolute atomic E-state index is 14.7. The van der Waals surface area contributed by atoms with Crippen molar-refractivity contribution in [3.05, 3.63) is 65.4 Å². The zero-order valence-electron chi connectivity index (χ0n) is 15.8. The molecule has 1 aromatic heterocycles. The molecule has 0 radical (unpaired) electrons. The van der Waals surface area contributed by atoms with E-state index >= 15 is 0 Å². The summed E-state index contributed by atoms with van der Waals surface area (Å²) in [5.74, 6) is -0.232. The molecular weight excluding hydrogens is 410 g/mol. The number of carbonyl (C=O) groups excluding carboxylic acids is 1. The van der Waals surface area contributed by atoms with Crippen molar-refractivity contribution in [3.8, 4) is 10.9 Å². The van der Waals surface area contributed by atoms with Crippen LogP contribution in [-0.2, 0) is 6.54 Å². The fraction of sp³-hybridized carbons (Fsp3) is 0.238. The highest BCUT2D eigenvalue weighted by atomic mass is 32.1. The number of ether oxygens (including phenoxy) is 1. The van der Waals surface area contributed by atoms with Gasteiger partial charge < -0.3 is 20.3 Å². The van der Waals surface area contributed by atoms with Crippen LogP contribution in [0.1, 0.15) is 5.56 Å². The molecule has 1 fully saturated rings. The lowest BCUT2D eigenvalue weighted by Gasteiger charge is -2.20. The summed E-state index contributed by atoms with van der Waals surface area (Å²) in [5.41, 5.74) is 7.28. The average molecular weight is 428 g/mol. The summed E-state index contributed by atoms with van der Waals surface area (Å²) >= 11 is 1.21. The lowest BCUT2D eigenvalue weighted by molar-refractivity contribution is 0.214. The van der Waals surface area contributed by atoms with E-state index in [2.05, 4.69) is 4.98 Å². The fourth-order valence-electron chi connectivity index (χ4n) is 3.94. The van der Waals surface area contributed by atoms with E-state index in [1.807, 2.05) is 11.1 Å². The number of nitrogens with two attached hydrogens (primary N) is 1. The van der Waals surface area contributed by atoms with Crippen molar-refractivity contribution in [2.24, 2.45) is 11.7 Å². The quantitative estimate of drug-likeness (QED) is 0.680. The largest absolute Gasteiger partial charge is 0.431 e. The van der Waals surface area contributed by atoms with Gasteiger partial charge in [-0.25, -0.2) is 13.6 Å². The van der Waals surface area contributed by atoms with Gasteiger partial charge in [-0.1, -0.05) is 23.5 Å². The van der Waals surface area contributed by atoms with Gasteiger partial charge in [0.15, 0.2) is 0 Å². The number of amides is 2. The smallest absolute Gasteiger partial charge is 0.315 e. The number of thiazole rings is 1. The molecule has 2 aliphatic heterocycles. The second-order valence-corrected chi connectivity index (χ2v) is 8.46. The second-order valence-electron chi connectivity index (χ2n) is 7.47. The molecule has 2 N–H and O–H groups in total. The van der Waals surface area contributed by atoms with Gasteiger partial charge in [0.25, 0.3) is 5.19 Å². The van der Waals surface area contributed by atoms with Crippen LogP contribution in [0, 0.1) is 17.6 Å². The Kier molecular flexibility index (Phi) is 4.54. The number of urea groups is 1. The van der Waals surface area contributed by atoms with E-state index in [0.717, 1.165) is 12.1 Å². The molecule has 2 amide bonds. The number of rotatable bonds is 4. The van der Waals surface area contributed by atoms with Crippen molar-refractivity contribution in [3.63, 3.8) is 0 Å². The van der Waals surface area contributed by atoms with E-state index in [0.29, 0.717) is 35.6 Å². The van der Waals surface area contributed by atoms with E-state index in [4.69, 9.17) is 10.5 Å². The van der Waals surface area contributed by atoms with E-state index in [9.17, 15) is 13.6 Å². The van der Waals surface area contributed by atoms with Crippen LogP contribution in [-0.4, -0.2) is 40.4 Å². The molecule has 0 spiro atoms. The van der Waals surface area contributed by atoms with Crippen LogP contribution in [0.4, 0.5) is 13.6 Å². The molecular formula is C21H18F2N4O2S. The van der Waals surface area contributed by atoms with Crippen LogP contribution in [0.3, 0.4) is 0 Å². The van der Waals surface area contributed by atoms with Crippen molar-refractivity contribution in [1.82, 2.24) is 14.8 Å². The maximum atomic E-state index is 14.7. The van der Waals surface area contributed by atoms with Gasteiger partial charge in [-0.2, -0.15) is 4.98 Å². The molecule has 1 saturated heterocycles. The van der Waals surface area contributed by atoms with Crippen LogP contribution in [0.25, 0.3) is 10.2 Å². The van der Waals surface area contributed by atoms with Crippen LogP contribution < -0.4 is 10.5 Å². The zero-order valence-corrected chi connectivity index (χ0v) is 16.7. The van der Waals surface area contributed by atoms with Gasteiger partial charge in [-0.05, 0) is 23.8 Å². The second kappa shape index (κ2) is 7.24. The molecule has 5 rings (SSSR count). The molecule has 3 aromatic rings. The summed E-state index contributed by atoms with van der Waals surface area (Å²) in [6.07, 6.45) is 1.99. The van der Waals surface area contributed by atoms with Crippen molar-refractivity contribution in [2.45, 2.75) is 6.54 Å². The number of aromatic nitrogens is 1. The highest BCUT2D eigenvalue weighted by molar-refractivity contribution is 7.20. The Labute approximate surface area is 175 Å². The molecule has 2 aliphatic rings. The Balaban J connectivity index is 1.27. The van der Waals surface area contributed by atoms with Gasteiger partial charge in [0.1, 0.15) is 22.9 Å². The van der Waals surface area contributed by atoms with Gasteiger partial charge >= 0.3 is 6.03 Å². The van der Waals surface area contributed by atoms with Crippen LogP contribution >= 0.6 is 11.3 Å². The summed E-state index contributed by atoms with van der Waals surface area (Å²) in [5, 5.41) is 0.262. The molecule has 1 atom stereocenters. The first-order valence-corrected chi connectivity index (χ1v) is 10.3. The number of benzene rings is 2. The van der Waals surface area contributed by atoms with Crippen molar-refractivity contribution < 1.29 is 18.3 Å². The number of carbonyl (C=O) groups is 1. The zero-order chi connectivity index (χ0) is 20.8. The summed E-state index contributed by atoms with van der Waals surface area (Å²) in [7, 11) is 0. The first-order valence-electron chi connectivity index (χ1n) is 9.46. The minimum atomic E-state index is -0.413. The van der Waals surface area contributed by atoms with E-state index in [1.54, 1.807) is 29.2 Å². The lowest BCUT2D eigenvalue weighted by atomic mass is 10.1. The molecule has 0 saturated carbocycles. The van der Waals surface area contributed by atoms with E-state index in [1.165, 1.54) is 23.5 Å². The normalized spacial score (nSPS) is 18.1. The third-order valence-corrected chi connectivity index (χ3v) is 6.31. The van der Waals surface area contributed by atoms with Crippen molar-refractivity contribution >= 4 is 27.6 Å². The average Bonchev–Trinajstić information content (AvgIpc) is 3.37. The van der Waals surface area contributed by atoms with Gasteiger partial charge in [0, 0.05) is 49.9 Å². The molecule has 154 valence electrons. The van der Waals surface area contributed by atoms with E-state index < -0.39 is 11.8 Å². The standard InChI is InChI=1S/C21H18F2N4O2S/c22-16-2-1-3-18-19(16)25-21(30-18)29-15-5-4-12(17(23)6-15)7-26-8-13-10-27(20(24)28)11-14(13)9-26/h1-6,8,14H,7,9-11H2,(H2,24,28). The monoisotopic (exact) mass is 428 g/mol. The number of fused-ring (bicyclic) bond motifs is 2. The number of hydrogen-bond donors (Lipinski definition) is 1. The number of para-hydroxylation sites is 1. The first kappa shape index (κ1) is 18.8. The number of nitrogens with zero attached hydrogens (tertiary/aromatic N) is 3. The fourth-order valence-corrected chi connectivity index (χ4v) is 4.79. The Morgan fingerprint density at radius 1 is 1.23 bits per heavy atom. The predicted molar refractivity (Wildman–Crippen MR) is 109 cm³/mol. The topological polar surface area (TPSA) is 71.7 Å².